The van der Waals surface area contributed by atoms with Crippen LogP contribution in [0.4, 0.5) is 10.5 Å². The molecule has 0 spiro atoms. The van der Waals surface area contributed by atoms with Crippen LogP contribution in [0.15, 0.2) is 24.3 Å². The predicted octanol–water partition coefficient (Wildman–Crippen LogP) is 2.31. The van der Waals surface area contributed by atoms with Crippen molar-refractivity contribution in [3.05, 3.63) is 29.8 Å². The second-order valence-corrected chi connectivity index (χ2v) is 7.67. The van der Waals surface area contributed by atoms with Crippen LogP contribution >= 0.6 is 11.8 Å². The number of benzene rings is 1. The van der Waals surface area contributed by atoms with Crippen molar-refractivity contribution in [3.8, 4) is 0 Å². The number of hydrogen-bond acceptors (Lipinski definition) is 5. The van der Waals surface area contributed by atoms with Crippen LogP contribution in [0.1, 0.15) is 26.3 Å². The van der Waals surface area contributed by atoms with Gasteiger partial charge >= 0.3 is 6.09 Å². The lowest BCUT2D eigenvalue weighted by Gasteiger charge is -2.19. The maximum absolute atomic E-state index is 11.8. The van der Waals surface area contributed by atoms with Crippen LogP contribution in [0.2, 0.25) is 0 Å². The zero-order valence-electron chi connectivity index (χ0n) is 15.7. The van der Waals surface area contributed by atoms with Gasteiger partial charge < -0.3 is 20.7 Å². The number of aryl methyl sites for hydroxylation is 1. The third kappa shape index (κ3) is 10.6. The van der Waals surface area contributed by atoms with Crippen LogP contribution in [0.25, 0.3) is 0 Å². The molecule has 144 valence electrons. The summed E-state index contributed by atoms with van der Waals surface area (Å²) in [5.41, 5.74) is 1.30. The van der Waals surface area contributed by atoms with Gasteiger partial charge in [0.2, 0.25) is 11.8 Å². The first kappa shape index (κ1) is 21.8. The monoisotopic (exact) mass is 381 g/mol. The Morgan fingerprint density at radius 1 is 0.962 bits per heavy atom. The Balaban J connectivity index is 2.10. The van der Waals surface area contributed by atoms with E-state index in [1.807, 2.05) is 31.2 Å². The number of hydrogen-bond donors (Lipinski definition) is 3. The minimum Gasteiger partial charge on any atom is -0.444 e. The molecule has 0 aliphatic heterocycles. The number of nitrogens with one attached hydrogen (secondary N) is 3. The van der Waals surface area contributed by atoms with Crippen molar-refractivity contribution in [1.29, 1.82) is 0 Å². The molecule has 0 unspecified atom stereocenters. The van der Waals surface area contributed by atoms with Gasteiger partial charge in [0.05, 0.1) is 11.5 Å². The summed E-state index contributed by atoms with van der Waals surface area (Å²) < 4.78 is 5.08. The minimum absolute atomic E-state index is 0.154. The molecule has 1 rings (SSSR count). The number of carbonyl (C=O) groups excluding carboxylic acids is 3. The Kier molecular flexibility index (Phi) is 8.98. The Bertz CT molecular complexity index is 612. The molecule has 0 radical (unpaired) electrons. The first-order valence-corrected chi connectivity index (χ1v) is 9.49. The van der Waals surface area contributed by atoms with Crippen LogP contribution in [0.5, 0.6) is 0 Å². The number of ether oxygens (including phenoxy) is 1. The summed E-state index contributed by atoms with van der Waals surface area (Å²) in [4.78, 5) is 34.9. The van der Waals surface area contributed by atoms with Gasteiger partial charge in [0, 0.05) is 18.8 Å². The smallest absolute Gasteiger partial charge is 0.407 e. The number of thioether (sulfide) groups is 1. The largest absolute Gasteiger partial charge is 0.444 e. The first-order valence-electron chi connectivity index (χ1n) is 8.33. The molecule has 0 saturated heterocycles. The van der Waals surface area contributed by atoms with Crippen LogP contribution < -0.4 is 16.0 Å². The van der Waals surface area contributed by atoms with E-state index in [4.69, 9.17) is 4.74 Å². The van der Waals surface area contributed by atoms with Crippen molar-refractivity contribution < 1.29 is 19.1 Å². The van der Waals surface area contributed by atoms with Gasteiger partial charge in [-0.15, -0.1) is 11.8 Å². The Morgan fingerprint density at radius 3 is 2.15 bits per heavy atom. The van der Waals surface area contributed by atoms with E-state index >= 15 is 0 Å². The topological polar surface area (TPSA) is 96.5 Å². The van der Waals surface area contributed by atoms with Gasteiger partial charge in [0.1, 0.15) is 5.60 Å². The lowest BCUT2D eigenvalue weighted by Crippen LogP contribution is -2.38. The standard InChI is InChI=1S/C18H27N3O4S/c1-13-5-7-14(8-6-13)21-16(23)12-26-11-15(22)19-9-10-20-17(24)25-18(2,3)4/h5-8H,9-12H2,1-4H3,(H,19,22)(H,20,24)(H,21,23). The van der Waals surface area contributed by atoms with E-state index in [0.29, 0.717) is 6.54 Å². The molecule has 0 atom stereocenters. The van der Waals surface area contributed by atoms with Gasteiger partial charge in [-0.1, -0.05) is 17.7 Å². The third-order valence-electron chi connectivity index (χ3n) is 2.92. The second kappa shape index (κ2) is 10.7. The summed E-state index contributed by atoms with van der Waals surface area (Å²) in [6, 6.07) is 7.51. The Hall–Kier alpha value is -2.22. The maximum Gasteiger partial charge on any atom is 0.407 e. The van der Waals surface area contributed by atoms with Crippen molar-refractivity contribution in [3.63, 3.8) is 0 Å². The molecule has 0 aliphatic carbocycles. The van der Waals surface area contributed by atoms with Gasteiger partial charge in [-0.2, -0.15) is 0 Å². The highest BCUT2D eigenvalue weighted by atomic mass is 32.2. The third-order valence-corrected chi connectivity index (χ3v) is 3.85. The molecule has 7 nitrogen and oxygen atoms in total. The summed E-state index contributed by atoms with van der Waals surface area (Å²) in [5, 5.41) is 8.00. The molecule has 0 aromatic heterocycles. The average molecular weight is 381 g/mol. The fraction of sp³-hybridized carbons (Fsp3) is 0.500. The second-order valence-electron chi connectivity index (χ2n) is 6.69. The summed E-state index contributed by atoms with van der Waals surface area (Å²) in [7, 11) is 0. The lowest BCUT2D eigenvalue weighted by molar-refractivity contribution is -0.118. The van der Waals surface area contributed by atoms with E-state index in [1.54, 1.807) is 20.8 Å². The highest BCUT2D eigenvalue weighted by molar-refractivity contribution is 8.00. The quantitative estimate of drug-likeness (QED) is 0.601. The zero-order chi connectivity index (χ0) is 19.6. The lowest BCUT2D eigenvalue weighted by atomic mass is 10.2. The number of anilines is 1. The molecule has 3 N–H and O–H groups in total. The van der Waals surface area contributed by atoms with Crippen molar-refractivity contribution in [2.75, 3.05) is 29.9 Å². The van der Waals surface area contributed by atoms with Gasteiger partial charge in [0.25, 0.3) is 0 Å². The maximum atomic E-state index is 11.8. The molecule has 26 heavy (non-hydrogen) atoms. The molecule has 0 saturated carbocycles. The van der Waals surface area contributed by atoms with Crippen molar-refractivity contribution in [1.82, 2.24) is 10.6 Å². The molecule has 1 aromatic rings. The van der Waals surface area contributed by atoms with E-state index in [-0.39, 0.29) is 29.9 Å². The van der Waals surface area contributed by atoms with E-state index in [9.17, 15) is 14.4 Å². The highest BCUT2D eigenvalue weighted by Crippen LogP contribution is 2.09. The van der Waals surface area contributed by atoms with Crippen molar-refractivity contribution >= 4 is 35.4 Å². The SMILES string of the molecule is Cc1ccc(NC(=O)CSCC(=O)NCCNC(=O)OC(C)(C)C)cc1. The zero-order valence-corrected chi connectivity index (χ0v) is 16.5. The van der Waals surface area contributed by atoms with Gasteiger partial charge in [-0.05, 0) is 39.8 Å². The Morgan fingerprint density at radius 2 is 1.54 bits per heavy atom. The molecule has 3 amide bonds. The number of alkyl carbamates (subject to hydrolysis) is 1. The molecule has 1 aromatic carbocycles. The molecular weight excluding hydrogens is 354 g/mol. The van der Waals surface area contributed by atoms with Gasteiger partial charge in [-0.3, -0.25) is 9.59 Å². The summed E-state index contributed by atoms with van der Waals surface area (Å²) in [6.07, 6.45) is -0.520. The number of amides is 3. The van der Waals surface area contributed by atoms with Crippen LogP contribution in [0, 0.1) is 6.92 Å². The summed E-state index contributed by atoms with van der Waals surface area (Å²) in [6.45, 7) is 7.89. The van der Waals surface area contributed by atoms with E-state index in [2.05, 4.69) is 16.0 Å². The van der Waals surface area contributed by atoms with Crippen molar-refractivity contribution in [2.24, 2.45) is 0 Å². The average Bonchev–Trinajstić information content (AvgIpc) is 2.52. The fourth-order valence-corrected chi connectivity index (χ4v) is 2.45. The van der Waals surface area contributed by atoms with Crippen LogP contribution in [0.3, 0.4) is 0 Å². The first-order chi connectivity index (χ1) is 12.2. The number of carbonyl (C=O) groups is 3. The summed E-state index contributed by atoms with van der Waals surface area (Å²) in [5.74, 6) is 0.0213. The van der Waals surface area contributed by atoms with E-state index in [1.165, 1.54) is 11.8 Å². The fourth-order valence-electron chi connectivity index (χ4n) is 1.80. The van der Waals surface area contributed by atoms with E-state index in [0.717, 1.165) is 11.3 Å². The Labute approximate surface area is 158 Å². The van der Waals surface area contributed by atoms with Crippen molar-refractivity contribution in [2.45, 2.75) is 33.3 Å². The summed E-state index contributed by atoms with van der Waals surface area (Å²) >= 11 is 1.23. The van der Waals surface area contributed by atoms with E-state index < -0.39 is 11.7 Å². The molecule has 0 fully saturated rings. The predicted molar refractivity (Wildman–Crippen MR) is 104 cm³/mol. The minimum atomic E-state index is -0.552. The molecule has 8 heteroatoms. The molecular formula is C18H27N3O4S. The molecule has 0 bridgehead atoms. The van der Waals surface area contributed by atoms with Crippen LogP contribution in [-0.2, 0) is 14.3 Å². The number of rotatable bonds is 8. The van der Waals surface area contributed by atoms with Gasteiger partial charge in [0.15, 0.2) is 0 Å². The van der Waals surface area contributed by atoms with Crippen LogP contribution in [-0.4, -0.2) is 48.1 Å². The normalized spacial score (nSPS) is 10.8. The van der Waals surface area contributed by atoms with Gasteiger partial charge in [-0.25, -0.2) is 4.79 Å². The highest BCUT2D eigenvalue weighted by Gasteiger charge is 2.15. The molecule has 0 heterocycles. The molecule has 0 aliphatic rings.